The summed E-state index contributed by atoms with van der Waals surface area (Å²) in [5.41, 5.74) is 16.1. The molecule has 0 heterocycles. The lowest BCUT2D eigenvalue weighted by atomic mass is 9.70. The van der Waals surface area contributed by atoms with Crippen molar-refractivity contribution in [2.75, 3.05) is 4.90 Å². The van der Waals surface area contributed by atoms with Gasteiger partial charge in [-0.2, -0.15) is 0 Å². The van der Waals surface area contributed by atoms with E-state index in [1.54, 1.807) is 0 Å². The topological polar surface area (TPSA) is 3.24 Å². The fraction of sp³-hybridized carbons (Fsp3) is 0.0182. The number of hydrogen-bond acceptors (Lipinski definition) is 1. The molecule has 0 N–H and O–H groups in total. The quantitative estimate of drug-likeness (QED) is 0.164. The van der Waals surface area contributed by atoms with E-state index in [-0.39, 0.29) is 5.41 Å². The van der Waals surface area contributed by atoms with Gasteiger partial charge < -0.3 is 4.90 Å². The number of anilines is 3. The minimum atomic E-state index is -0.372. The lowest BCUT2D eigenvalue weighted by Crippen LogP contribution is -2.25. The number of benzene rings is 10. The summed E-state index contributed by atoms with van der Waals surface area (Å²) >= 11 is 0. The van der Waals surface area contributed by atoms with Crippen molar-refractivity contribution in [2.24, 2.45) is 0 Å². The molecule has 0 fully saturated rings. The third kappa shape index (κ3) is 4.26. The molecule has 0 radical (unpaired) electrons. The molecule has 56 heavy (non-hydrogen) atoms. The van der Waals surface area contributed by atoms with Crippen LogP contribution in [-0.4, -0.2) is 0 Å². The molecule has 1 spiro atoms. The van der Waals surface area contributed by atoms with Crippen molar-refractivity contribution in [2.45, 2.75) is 5.41 Å². The van der Waals surface area contributed by atoms with Crippen LogP contribution >= 0.6 is 0 Å². The maximum absolute atomic E-state index is 2.45. The molecule has 12 rings (SSSR count). The number of nitrogens with zero attached hydrogens (tertiary/aromatic N) is 1. The van der Waals surface area contributed by atoms with Crippen LogP contribution in [0.1, 0.15) is 22.3 Å². The molecule has 0 unspecified atom stereocenters. The van der Waals surface area contributed by atoms with Crippen molar-refractivity contribution >= 4 is 49.4 Å². The maximum atomic E-state index is 2.45. The van der Waals surface area contributed by atoms with Gasteiger partial charge in [0.2, 0.25) is 0 Å². The van der Waals surface area contributed by atoms with Gasteiger partial charge in [-0.3, -0.25) is 0 Å². The van der Waals surface area contributed by atoms with Crippen LogP contribution in [0.25, 0.3) is 65.7 Å². The number of rotatable bonds is 4. The van der Waals surface area contributed by atoms with Crippen LogP contribution < -0.4 is 4.90 Å². The summed E-state index contributed by atoms with van der Waals surface area (Å²) in [6.45, 7) is 0. The molecule has 0 saturated carbocycles. The van der Waals surface area contributed by atoms with Gasteiger partial charge in [0.15, 0.2) is 0 Å². The molecule has 2 aliphatic rings. The number of fused-ring (bicyclic) bond motifs is 16. The smallest absolute Gasteiger partial charge is 0.0725 e. The molecule has 10 aromatic rings. The fourth-order valence-electron chi connectivity index (χ4n) is 10.1. The van der Waals surface area contributed by atoms with Gasteiger partial charge in [0.1, 0.15) is 0 Å². The van der Waals surface area contributed by atoms with Gasteiger partial charge in [0, 0.05) is 17.1 Å². The Balaban J connectivity index is 1.11. The third-order valence-corrected chi connectivity index (χ3v) is 12.5. The molecule has 1 heteroatoms. The molecule has 0 aromatic heterocycles. The zero-order chi connectivity index (χ0) is 36.8. The normalized spacial score (nSPS) is 13.1. The second-order valence-electron chi connectivity index (χ2n) is 15.2. The summed E-state index contributed by atoms with van der Waals surface area (Å²) in [6.07, 6.45) is 0. The standard InChI is InChI=1S/C55H35N/c1-2-14-36(15-3-1)37-26-28-38(29-27-37)56(39-30-32-45-43-18-5-4-16-41(43)42-17-6-7-19-44(42)49(45)34-39)40-31-33-54-50(35-40)48-22-10-13-25-53(48)55(54)51-23-11-8-20-46(51)47-21-9-12-24-52(47)55/h1-35H. The molecule has 0 aliphatic heterocycles. The molecule has 0 atom stereocenters. The van der Waals surface area contributed by atoms with Gasteiger partial charge in [-0.25, -0.2) is 0 Å². The van der Waals surface area contributed by atoms with Crippen molar-refractivity contribution in [1.82, 2.24) is 0 Å². The van der Waals surface area contributed by atoms with Crippen LogP contribution in [0.4, 0.5) is 17.1 Å². The highest BCUT2D eigenvalue weighted by atomic mass is 15.1. The van der Waals surface area contributed by atoms with E-state index in [1.807, 2.05) is 0 Å². The van der Waals surface area contributed by atoms with Gasteiger partial charge >= 0.3 is 0 Å². The first-order valence-corrected chi connectivity index (χ1v) is 19.5. The monoisotopic (exact) mass is 709 g/mol. The minimum absolute atomic E-state index is 0.372. The van der Waals surface area contributed by atoms with Crippen LogP contribution in [0, 0.1) is 0 Å². The van der Waals surface area contributed by atoms with E-state index >= 15 is 0 Å². The molecule has 2 aliphatic carbocycles. The number of hydrogen-bond donors (Lipinski definition) is 0. The van der Waals surface area contributed by atoms with E-state index in [2.05, 4.69) is 217 Å². The summed E-state index contributed by atoms with van der Waals surface area (Å²) in [4.78, 5) is 2.45. The highest BCUT2D eigenvalue weighted by molar-refractivity contribution is 6.25. The highest BCUT2D eigenvalue weighted by Gasteiger charge is 2.51. The molecule has 10 aromatic carbocycles. The van der Waals surface area contributed by atoms with Crippen molar-refractivity contribution in [1.29, 1.82) is 0 Å². The first-order valence-electron chi connectivity index (χ1n) is 19.5. The largest absolute Gasteiger partial charge is 0.310 e. The lowest BCUT2D eigenvalue weighted by Gasteiger charge is -2.31. The second-order valence-corrected chi connectivity index (χ2v) is 15.2. The van der Waals surface area contributed by atoms with Crippen LogP contribution in [0.15, 0.2) is 212 Å². The predicted molar refractivity (Wildman–Crippen MR) is 235 cm³/mol. The summed E-state index contributed by atoms with van der Waals surface area (Å²) in [5.74, 6) is 0. The van der Waals surface area contributed by atoms with Crippen molar-refractivity contribution in [3.8, 4) is 33.4 Å². The fourth-order valence-corrected chi connectivity index (χ4v) is 10.1. The van der Waals surface area contributed by atoms with Crippen LogP contribution in [0.5, 0.6) is 0 Å². The van der Waals surface area contributed by atoms with Crippen molar-refractivity contribution in [3.05, 3.63) is 235 Å². The summed E-state index contributed by atoms with van der Waals surface area (Å²) in [5, 5.41) is 7.65. The summed E-state index contributed by atoms with van der Waals surface area (Å²) in [7, 11) is 0. The van der Waals surface area contributed by atoms with Crippen molar-refractivity contribution in [3.63, 3.8) is 0 Å². The zero-order valence-corrected chi connectivity index (χ0v) is 30.7. The van der Waals surface area contributed by atoms with E-state index in [0.717, 1.165) is 17.1 Å². The van der Waals surface area contributed by atoms with Crippen molar-refractivity contribution < 1.29 is 0 Å². The van der Waals surface area contributed by atoms with Crippen LogP contribution in [0.3, 0.4) is 0 Å². The molecule has 0 saturated heterocycles. The van der Waals surface area contributed by atoms with Gasteiger partial charge in [-0.05, 0) is 124 Å². The Morgan fingerprint density at radius 3 is 1.23 bits per heavy atom. The zero-order valence-electron chi connectivity index (χ0n) is 30.7. The Labute approximate surface area is 326 Å². The molecule has 1 nitrogen and oxygen atoms in total. The van der Waals surface area contributed by atoms with E-state index in [1.165, 1.54) is 88.0 Å². The van der Waals surface area contributed by atoms with Crippen LogP contribution in [-0.2, 0) is 5.41 Å². The second kappa shape index (κ2) is 11.9. The van der Waals surface area contributed by atoms with Gasteiger partial charge in [0.05, 0.1) is 5.41 Å². The van der Waals surface area contributed by atoms with E-state index in [4.69, 9.17) is 0 Å². The average molecular weight is 710 g/mol. The first kappa shape index (κ1) is 31.2. The van der Waals surface area contributed by atoms with E-state index in [9.17, 15) is 0 Å². The summed E-state index contributed by atoms with van der Waals surface area (Å²) < 4.78 is 0. The lowest BCUT2D eigenvalue weighted by molar-refractivity contribution is 0.794. The van der Waals surface area contributed by atoms with E-state index in [0.29, 0.717) is 0 Å². The Morgan fingerprint density at radius 2 is 0.643 bits per heavy atom. The Bertz CT molecular complexity index is 3110. The molecule has 0 amide bonds. The molecule has 0 bridgehead atoms. The predicted octanol–water partition coefficient (Wildman–Crippen LogP) is 14.6. The molecule has 260 valence electrons. The minimum Gasteiger partial charge on any atom is -0.310 e. The SMILES string of the molecule is c1ccc(-c2ccc(N(c3ccc4c(c3)-c3ccccc3C43c4ccccc4-c4ccccc43)c3ccc4c5ccccc5c5ccccc5c4c3)cc2)cc1. The molecular formula is C55H35N. The molecular weight excluding hydrogens is 675 g/mol. The van der Waals surface area contributed by atoms with Crippen LogP contribution in [0.2, 0.25) is 0 Å². The van der Waals surface area contributed by atoms with Gasteiger partial charge in [-0.1, -0.05) is 176 Å². The third-order valence-electron chi connectivity index (χ3n) is 12.5. The summed E-state index contributed by atoms with van der Waals surface area (Å²) in [6, 6.07) is 78.7. The maximum Gasteiger partial charge on any atom is 0.0725 e. The van der Waals surface area contributed by atoms with E-state index < -0.39 is 0 Å². The first-order chi connectivity index (χ1) is 27.8. The van der Waals surface area contributed by atoms with Gasteiger partial charge in [-0.15, -0.1) is 0 Å². The van der Waals surface area contributed by atoms with Gasteiger partial charge in [0.25, 0.3) is 0 Å². The average Bonchev–Trinajstić information content (AvgIpc) is 3.74. The Kier molecular flexibility index (Phi) is 6.62. The highest BCUT2D eigenvalue weighted by Crippen LogP contribution is 2.63. The Morgan fingerprint density at radius 1 is 0.250 bits per heavy atom. The Hall–Kier alpha value is -7.22.